The smallest absolute Gasteiger partial charge is 0.227 e. The Kier molecular flexibility index (Phi) is 3.46. The molecule has 1 aromatic rings. The topological polar surface area (TPSA) is 20.3 Å². The number of anilines is 1. The lowest BCUT2D eigenvalue weighted by Crippen LogP contribution is -2.36. The van der Waals surface area contributed by atoms with Crippen LogP contribution < -0.4 is 4.90 Å². The van der Waals surface area contributed by atoms with Crippen molar-refractivity contribution in [3.8, 4) is 0 Å². The summed E-state index contributed by atoms with van der Waals surface area (Å²) in [5.41, 5.74) is 1.84. The Morgan fingerprint density at radius 3 is 2.94 bits per heavy atom. The van der Waals surface area contributed by atoms with Gasteiger partial charge in [0, 0.05) is 18.7 Å². The molecule has 0 saturated heterocycles. The van der Waals surface area contributed by atoms with Gasteiger partial charge in [0.1, 0.15) is 5.82 Å². The Morgan fingerprint density at radius 2 is 2.24 bits per heavy atom. The number of carbonyl (C=O) groups is 1. The predicted octanol–water partition coefficient (Wildman–Crippen LogP) is 3.15. The molecule has 0 aromatic heterocycles. The van der Waals surface area contributed by atoms with Crippen LogP contribution in [0.15, 0.2) is 18.2 Å². The van der Waals surface area contributed by atoms with Gasteiger partial charge in [-0.15, -0.1) is 0 Å². The molecule has 0 N–H and O–H groups in total. The third-order valence-corrected chi connectivity index (χ3v) is 3.04. The summed E-state index contributed by atoms with van der Waals surface area (Å²) < 4.78 is 13.1. The number of hydrogen-bond donors (Lipinski definition) is 0. The third kappa shape index (κ3) is 2.65. The Balaban J connectivity index is 2.25. The summed E-state index contributed by atoms with van der Waals surface area (Å²) in [7, 11) is 0. The van der Waals surface area contributed by atoms with Crippen molar-refractivity contribution in [3.05, 3.63) is 29.6 Å². The Morgan fingerprint density at radius 1 is 1.47 bits per heavy atom. The van der Waals surface area contributed by atoms with E-state index >= 15 is 0 Å². The molecule has 0 bridgehead atoms. The molecule has 0 saturated carbocycles. The van der Waals surface area contributed by atoms with Crippen molar-refractivity contribution in [2.24, 2.45) is 5.92 Å². The maximum Gasteiger partial charge on any atom is 0.227 e. The summed E-state index contributed by atoms with van der Waals surface area (Å²) in [4.78, 5) is 13.9. The van der Waals surface area contributed by atoms with E-state index in [9.17, 15) is 9.18 Å². The van der Waals surface area contributed by atoms with Crippen LogP contribution >= 0.6 is 0 Å². The Bertz CT molecular complexity index is 428. The molecule has 1 aliphatic rings. The molecule has 0 spiro atoms. The van der Waals surface area contributed by atoms with Crippen LogP contribution in [0.2, 0.25) is 0 Å². The molecular formula is C14H18FNO. The first-order chi connectivity index (χ1) is 8.08. The van der Waals surface area contributed by atoms with E-state index < -0.39 is 0 Å². The zero-order chi connectivity index (χ0) is 12.4. The first-order valence-corrected chi connectivity index (χ1v) is 6.16. The van der Waals surface area contributed by atoms with E-state index in [4.69, 9.17) is 0 Å². The van der Waals surface area contributed by atoms with Gasteiger partial charge in [-0.1, -0.05) is 13.8 Å². The number of amides is 1. The summed E-state index contributed by atoms with van der Waals surface area (Å²) in [5, 5.41) is 0. The van der Waals surface area contributed by atoms with Gasteiger partial charge in [0.05, 0.1) is 0 Å². The first-order valence-electron chi connectivity index (χ1n) is 6.16. The quantitative estimate of drug-likeness (QED) is 0.771. The molecule has 0 unspecified atom stereocenters. The van der Waals surface area contributed by atoms with Gasteiger partial charge in [0.25, 0.3) is 0 Å². The van der Waals surface area contributed by atoms with Gasteiger partial charge in [-0.25, -0.2) is 4.39 Å². The van der Waals surface area contributed by atoms with Crippen molar-refractivity contribution in [1.82, 2.24) is 0 Å². The minimum absolute atomic E-state index is 0.146. The second-order valence-electron chi connectivity index (χ2n) is 5.02. The number of nitrogens with zero attached hydrogens (tertiary/aromatic N) is 1. The molecule has 0 atom stereocenters. The predicted molar refractivity (Wildman–Crippen MR) is 66.5 cm³/mol. The van der Waals surface area contributed by atoms with Crippen LogP contribution in [0.25, 0.3) is 0 Å². The molecule has 0 fully saturated rings. The Labute approximate surface area is 101 Å². The van der Waals surface area contributed by atoms with Crippen molar-refractivity contribution in [3.63, 3.8) is 0 Å². The zero-order valence-electron chi connectivity index (χ0n) is 10.4. The fourth-order valence-corrected chi connectivity index (χ4v) is 2.28. The van der Waals surface area contributed by atoms with Gasteiger partial charge in [0.2, 0.25) is 5.91 Å². The zero-order valence-corrected chi connectivity index (χ0v) is 10.4. The molecule has 0 radical (unpaired) electrons. The number of benzene rings is 1. The standard InChI is InChI=1S/C14H18FNO/c1-10(2)8-14(17)16-7-3-4-11-9-12(15)5-6-13(11)16/h5-6,9-10H,3-4,7-8H2,1-2H3. The summed E-state index contributed by atoms with van der Waals surface area (Å²) in [6.45, 7) is 4.82. The van der Waals surface area contributed by atoms with Gasteiger partial charge in [-0.05, 0) is 42.5 Å². The van der Waals surface area contributed by atoms with Crippen molar-refractivity contribution >= 4 is 11.6 Å². The highest BCUT2D eigenvalue weighted by molar-refractivity contribution is 5.94. The van der Waals surface area contributed by atoms with Gasteiger partial charge in [-0.2, -0.15) is 0 Å². The van der Waals surface area contributed by atoms with E-state index in [1.165, 1.54) is 6.07 Å². The highest BCUT2D eigenvalue weighted by atomic mass is 19.1. The third-order valence-electron chi connectivity index (χ3n) is 3.04. The second-order valence-corrected chi connectivity index (χ2v) is 5.02. The van der Waals surface area contributed by atoms with Crippen LogP contribution in [0, 0.1) is 11.7 Å². The van der Waals surface area contributed by atoms with Gasteiger partial charge in [-0.3, -0.25) is 4.79 Å². The number of rotatable bonds is 2. The van der Waals surface area contributed by atoms with Crippen LogP contribution in [-0.2, 0) is 11.2 Å². The number of fused-ring (bicyclic) bond motifs is 1. The van der Waals surface area contributed by atoms with E-state index in [-0.39, 0.29) is 11.7 Å². The van der Waals surface area contributed by atoms with E-state index in [0.29, 0.717) is 12.3 Å². The average Bonchev–Trinajstić information content (AvgIpc) is 2.26. The minimum Gasteiger partial charge on any atom is -0.312 e. The van der Waals surface area contributed by atoms with Crippen molar-refractivity contribution in [1.29, 1.82) is 0 Å². The van der Waals surface area contributed by atoms with E-state index in [1.807, 2.05) is 13.8 Å². The van der Waals surface area contributed by atoms with Crippen LogP contribution in [0.5, 0.6) is 0 Å². The summed E-state index contributed by atoms with van der Waals surface area (Å²) in [6, 6.07) is 4.70. The van der Waals surface area contributed by atoms with Gasteiger partial charge < -0.3 is 4.90 Å². The fourth-order valence-electron chi connectivity index (χ4n) is 2.28. The lowest BCUT2D eigenvalue weighted by Gasteiger charge is -2.30. The Hall–Kier alpha value is -1.38. The molecule has 17 heavy (non-hydrogen) atoms. The van der Waals surface area contributed by atoms with Crippen LogP contribution in [0.3, 0.4) is 0 Å². The van der Waals surface area contributed by atoms with Gasteiger partial charge >= 0.3 is 0 Å². The number of halogens is 1. The van der Waals surface area contributed by atoms with E-state index in [2.05, 4.69) is 0 Å². The maximum absolute atomic E-state index is 13.1. The number of aryl methyl sites for hydroxylation is 1. The van der Waals surface area contributed by atoms with Crippen LogP contribution in [-0.4, -0.2) is 12.5 Å². The van der Waals surface area contributed by atoms with Gasteiger partial charge in [0.15, 0.2) is 0 Å². The maximum atomic E-state index is 13.1. The van der Waals surface area contributed by atoms with Crippen molar-refractivity contribution < 1.29 is 9.18 Å². The van der Waals surface area contributed by atoms with Crippen molar-refractivity contribution in [2.45, 2.75) is 33.1 Å². The molecule has 3 heteroatoms. The molecule has 92 valence electrons. The summed E-state index contributed by atoms with van der Waals surface area (Å²) in [5.74, 6) is 0.280. The van der Waals surface area contributed by atoms with E-state index in [1.54, 1.807) is 17.0 Å². The monoisotopic (exact) mass is 235 g/mol. The highest BCUT2D eigenvalue weighted by Gasteiger charge is 2.22. The fraction of sp³-hybridized carbons (Fsp3) is 0.500. The molecule has 1 heterocycles. The lowest BCUT2D eigenvalue weighted by atomic mass is 10.00. The molecule has 2 rings (SSSR count). The van der Waals surface area contributed by atoms with Crippen molar-refractivity contribution in [2.75, 3.05) is 11.4 Å². The second kappa shape index (κ2) is 4.86. The summed E-state index contributed by atoms with van der Waals surface area (Å²) in [6.07, 6.45) is 2.33. The largest absolute Gasteiger partial charge is 0.312 e. The number of carbonyl (C=O) groups excluding carboxylic acids is 1. The van der Waals surface area contributed by atoms with Crippen LogP contribution in [0.4, 0.5) is 10.1 Å². The first kappa shape index (κ1) is 12.1. The normalized spacial score (nSPS) is 14.9. The molecule has 1 aliphatic heterocycles. The minimum atomic E-state index is -0.220. The molecule has 2 nitrogen and oxygen atoms in total. The molecule has 1 amide bonds. The molecule has 0 aliphatic carbocycles. The molecule has 1 aromatic carbocycles. The lowest BCUT2D eigenvalue weighted by molar-refractivity contribution is -0.119. The number of hydrogen-bond acceptors (Lipinski definition) is 1. The average molecular weight is 235 g/mol. The molecular weight excluding hydrogens is 217 g/mol. The SMILES string of the molecule is CC(C)CC(=O)N1CCCc2cc(F)ccc21. The van der Waals surface area contributed by atoms with E-state index in [0.717, 1.165) is 30.6 Å². The van der Waals surface area contributed by atoms with Crippen LogP contribution in [0.1, 0.15) is 32.3 Å². The highest BCUT2D eigenvalue weighted by Crippen LogP contribution is 2.28. The summed E-state index contributed by atoms with van der Waals surface area (Å²) >= 11 is 0.